The highest BCUT2D eigenvalue weighted by Gasteiger charge is 2.43. The molecule has 0 bridgehead atoms. The molecule has 6 rings (SSSR count). The summed E-state index contributed by atoms with van der Waals surface area (Å²) in [5.41, 5.74) is 12.9. The predicted octanol–water partition coefficient (Wildman–Crippen LogP) is 5.04. The van der Waals surface area contributed by atoms with E-state index in [1.165, 1.54) is 0 Å². The molecule has 308 valence electrons. The molecule has 2 aromatic carbocycles. The number of aryl methyl sites for hydroxylation is 1. The fraction of sp³-hybridized carbons (Fsp3) is 0.442. The molecule has 2 fully saturated rings. The number of phenols is 1. The number of piperazine rings is 1. The van der Waals surface area contributed by atoms with Gasteiger partial charge in [-0.3, -0.25) is 14.4 Å². The van der Waals surface area contributed by atoms with Crippen molar-refractivity contribution in [2.45, 2.75) is 84.5 Å². The fourth-order valence-electron chi connectivity index (χ4n) is 7.62. The fourth-order valence-corrected chi connectivity index (χ4v) is 8.43. The maximum Gasteiger partial charge on any atom is 0.246 e. The number of rotatable bonds is 13. The maximum absolute atomic E-state index is 14.2. The second-order valence-corrected chi connectivity index (χ2v) is 17.1. The van der Waals surface area contributed by atoms with Crippen molar-refractivity contribution in [3.8, 4) is 27.4 Å². The number of benzene rings is 2. The van der Waals surface area contributed by atoms with Crippen LogP contribution in [-0.2, 0) is 14.4 Å². The number of β-amino-alcohol motifs (C(OH)–C–C–N with tert-alkyl or cyclic N) is 1. The molecular formula is C43H55N9O5S. The van der Waals surface area contributed by atoms with Crippen molar-refractivity contribution < 1.29 is 24.6 Å². The number of amides is 3. The Bertz CT molecular complexity index is 2110. The van der Waals surface area contributed by atoms with Gasteiger partial charge in [-0.05, 0) is 55.0 Å². The molecule has 3 amide bonds. The Morgan fingerprint density at radius 3 is 2.38 bits per heavy atom. The van der Waals surface area contributed by atoms with Crippen molar-refractivity contribution in [2.75, 3.05) is 43.4 Å². The summed E-state index contributed by atoms with van der Waals surface area (Å²) in [7, 11) is 0. The number of carbonyl (C=O) groups is 3. The minimum atomic E-state index is -0.856. The lowest BCUT2D eigenvalue weighted by atomic mass is 9.85. The molecule has 2 aromatic heterocycles. The number of para-hydroxylation sites is 1. The zero-order valence-electron chi connectivity index (χ0n) is 33.9. The summed E-state index contributed by atoms with van der Waals surface area (Å²) in [5, 5.41) is 35.7. The number of nitrogens with one attached hydrogen (secondary N) is 2. The summed E-state index contributed by atoms with van der Waals surface area (Å²) in [6.07, 6.45) is 0.208. The number of anilines is 2. The van der Waals surface area contributed by atoms with Crippen LogP contribution in [0, 0.1) is 12.3 Å². The summed E-state index contributed by atoms with van der Waals surface area (Å²) in [6, 6.07) is 15.6. The number of nitrogens with zero attached hydrogens (tertiary/aromatic N) is 6. The van der Waals surface area contributed by atoms with Crippen molar-refractivity contribution >= 4 is 40.6 Å². The Morgan fingerprint density at radius 2 is 1.72 bits per heavy atom. The lowest BCUT2D eigenvalue weighted by molar-refractivity contribution is -0.140. The van der Waals surface area contributed by atoms with E-state index in [9.17, 15) is 24.6 Å². The van der Waals surface area contributed by atoms with Gasteiger partial charge in [-0.15, -0.1) is 21.5 Å². The summed E-state index contributed by atoms with van der Waals surface area (Å²) in [5.74, 6) is -0.283. The van der Waals surface area contributed by atoms with Gasteiger partial charge in [0.15, 0.2) is 5.82 Å². The molecule has 2 aliphatic rings. The van der Waals surface area contributed by atoms with Crippen LogP contribution in [0.2, 0.25) is 0 Å². The number of aliphatic hydroxyl groups is 1. The number of aromatic nitrogens is 3. The molecular weight excluding hydrogens is 755 g/mol. The third-order valence-corrected chi connectivity index (χ3v) is 11.9. The largest absolute Gasteiger partial charge is 0.507 e. The van der Waals surface area contributed by atoms with E-state index in [4.69, 9.17) is 5.73 Å². The number of thiazole rings is 1. The van der Waals surface area contributed by atoms with Crippen LogP contribution in [0.15, 0.2) is 72.4 Å². The third kappa shape index (κ3) is 9.76. The van der Waals surface area contributed by atoms with Crippen LogP contribution in [0.4, 0.5) is 11.5 Å². The predicted molar refractivity (Wildman–Crippen MR) is 227 cm³/mol. The first-order valence-electron chi connectivity index (χ1n) is 19.8. The average molecular weight is 810 g/mol. The van der Waals surface area contributed by atoms with Gasteiger partial charge in [0, 0.05) is 69.3 Å². The second kappa shape index (κ2) is 17.9. The molecule has 2 aliphatic heterocycles. The summed E-state index contributed by atoms with van der Waals surface area (Å²) in [6.45, 7) is 16.2. The van der Waals surface area contributed by atoms with Gasteiger partial charge in [0.05, 0.1) is 39.6 Å². The van der Waals surface area contributed by atoms with E-state index in [0.29, 0.717) is 61.7 Å². The molecule has 4 aromatic rings. The van der Waals surface area contributed by atoms with E-state index in [1.807, 2.05) is 51.1 Å². The number of phenolic OH excluding ortho intramolecular Hbond substituents is 1. The Kier molecular flexibility index (Phi) is 13.0. The number of aliphatic hydroxyl groups excluding tert-OH is 1. The maximum atomic E-state index is 14.2. The Morgan fingerprint density at radius 1 is 1.02 bits per heavy atom. The van der Waals surface area contributed by atoms with Crippen LogP contribution in [0.3, 0.4) is 0 Å². The number of carbonyl (C=O) groups excluding carboxylic acids is 3. The zero-order valence-corrected chi connectivity index (χ0v) is 34.8. The van der Waals surface area contributed by atoms with Crippen molar-refractivity contribution in [2.24, 2.45) is 5.41 Å². The van der Waals surface area contributed by atoms with Crippen LogP contribution in [-0.4, -0.2) is 104 Å². The third-order valence-electron chi connectivity index (χ3n) is 11.0. The van der Waals surface area contributed by atoms with E-state index < -0.39 is 23.6 Å². The van der Waals surface area contributed by atoms with Crippen LogP contribution in [0.5, 0.6) is 5.75 Å². The monoisotopic (exact) mass is 809 g/mol. The summed E-state index contributed by atoms with van der Waals surface area (Å²) in [4.78, 5) is 51.7. The first kappa shape index (κ1) is 42.1. The topological polar surface area (TPSA) is 190 Å². The van der Waals surface area contributed by atoms with Gasteiger partial charge >= 0.3 is 0 Å². The van der Waals surface area contributed by atoms with Gasteiger partial charge in [0.2, 0.25) is 17.7 Å². The van der Waals surface area contributed by atoms with Crippen molar-refractivity contribution in [1.29, 1.82) is 0 Å². The molecule has 6 N–H and O–H groups in total. The smallest absolute Gasteiger partial charge is 0.246 e. The molecule has 0 spiro atoms. The molecule has 0 unspecified atom stereocenters. The van der Waals surface area contributed by atoms with E-state index >= 15 is 0 Å². The molecule has 14 nitrogen and oxygen atoms in total. The Labute approximate surface area is 344 Å². The van der Waals surface area contributed by atoms with Crippen LogP contribution < -0.4 is 21.3 Å². The van der Waals surface area contributed by atoms with Crippen molar-refractivity contribution in [3.05, 3.63) is 83.6 Å². The first-order valence-corrected chi connectivity index (χ1v) is 20.7. The highest BCUT2D eigenvalue weighted by molar-refractivity contribution is 7.13. The lowest BCUT2D eigenvalue weighted by Crippen LogP contribution is -2.56. The SMILES string of the molecule is C=C(N[C@@H](C)c1ccc(-c2scnc2C)cc1)[C@@H]1C[C@@H](O)CN1C(=O)[C@@H](NC(=O)CCCC(=O)N1CCN(c2cc(-c3ccccc3O)nnc2N)CC1)C(C)(C)C. The average Bonchev–Trinajstić information content (AvgIpc) is 3.82. The highest BCUT2D eigenvalue weighted by Crippen LogP contribution is 2.33. The molecule has 4 heterocycles. The van der Waals surface area contributed by atoms with Crippen LogP contribution >= 0.6 is 11.3 Å². The minimum absolute atomic E-state index is 0.0494. The number of nitrogen functional groups attached to an aromatic ring is 1. The number of aromatic hydroxyl groups is 1. The van der Waals surface area contributed by atoms with Gasteiger partial charge in [0.1, 0.15) is 11.8 Å². The molecule has 0 saturated carbocycles. The second-order valence-electron chi connectivity index (χ2n) is 16.3. The summed E-state index contributed by atoms with van der Waals surface area (Å²) >= 11 is 1.61. The van der Waals surface area contributed by atoms with E-state index in [1.54, 1.807) is 45.4 Å². The van der Waals surface area contributed by atoms with Gasteiger partial charge < -0.3 is 41.3 Å². The quantitative estimate of drug-likeness (QED) is 0.122. The number of hydrogen-bond donors (Lipinski definition) is 5. The normalized spacial score (nSPS) is 18.1. The van der Waals surface area contributed by atoms with E-state index in [-0.39, 0.29) is 54.7 Å². The molecule has 0 radical (unpaired) electrons. The Hall–Kier alpha value is -5.54. The first-order chi connectivity index (χ1) is 27.6. The number of nitrogens with two attached hydrogens (primary N) is 1. The number of hydrogen-bond acceptors (Lipinski definition) is 12. The standard InChI is InChI=1S/C43H55N9O5S/c1-26(29-14-16-30(17-15-29)39-28(3)45-25-58-39)46-27(2)34-22-31(53)24-52(34)42(57)40(43(4,5)6)47-37(55)12-9-13-38(56)51-20-18-50(19-21-51)35-23-33(48-49-41(35)44)32-10-7-8-11-36(32)54/h7-8,10-11,14-17,23,25-26,31,34,40,46,53-54H,2,9,12-13,18-22,24H2,1,3-6H3,(H2,44,49)(H,47,55)/t26-,31+,34-,40+/m0/s1. The van der Waals surface area contributed by atoms with Gasteiger partial charge in [0.25, 0.3) is 0 Å². The van der Waals surface area contributed by atoms with Crippen molar-refractivity contribution in [3.63, 3.8) is 0 Å². The van der Waals surface area contributed by atoms with Gasteiger partial charge in [-0.2, -0.15) is 0 Å². The molecule has 15 heteroatoms. The van der Waals surface area contributed by atoms with Crippen LogP contribution in [0.1, 0.15) is 70.7 Å². The van der Waals surface area contributed by atoms with Crippen LogP contribution in [0.25, 0.3) is 21.7 Å². The molecule has 0 aliphatic carbocycles. The number of likely N-dealkylation sites (tertiary alicyclic amines) is 1. The highest BCUT2D eigenvalue weighted by atomic mass is 32.1. The molecule has 2 saturated heterocycles. The zero-order chi connectivity index (χ0) is 41.7. The van der Waals surface area contributed by atoms with Gasteiger partial charge in [-0.1, -0.05) is 63.7 Å². The minimum Gasteiger partial charge on any atom is -0.507 e. The summed E-state index contributed by atoms with van der Waals surface area (Å²) < 4.78 is 0. The van der Waals surface area contributed by atoms with E-state index in [0.717, 1.165) is 21.7 Å². The van der Waals surface area contributed by atoms with E-state index in [2.05, 4.69) is 56.7 Å². The lowest BCUT2D eigenvalue weighted by Gasteiger charge is -2.37. The molecule has 4 atom stereocenters. The van der Waals surface area contributed by atoms with Crippen molar-refractivity contribution in [1.82, 2.24) is 35.6 Å². The van der Waals surface area contributed by atoms with Gasteiger partial charge in [-0.25, -0.2) is 4.98 Å². The molecule has 58 heavy (non-hydrogen) atoms. The Balaban J connectivity index is 0.992.